The Morgan fingerprint density at radius 1 is 1.38 bits per heavy atom. The molecule has 0 saturated carbocycles. The molecule has 0 bridgehead atoms. The molecule has 1 saturated heterocycles. The van der Waals surface area contributed by atoms with E-state index >= 15 is 0 Å². The van der Waals surface area contributed by atoms with E-state index in [2.05, 4.69) is 68.7 Å². The molecule has 1 fully saturated rings. The molecule has 0 aliphatic carbocycles. The largest absolute Gasteiger partial charge is 0.355 e. The van der Waals surface area contributed by atoms with E-state index < -0.39 is 0 Å². The molecule has 4 heteroatoms. The monoisotopic (exact) mass is 307 g/mol. The van der Waals surface area contributed by atoms with Gasteiger partial charge in [-0.05, 0) is 44.9 Å². The van der Waals surface area contributed by atoms with Gasteiger partial charge in [0.15, 0.2) is 0 Å². The van der Waals surface area contributed by atoms with E-state index in [0.717, 1.165) is 31.9 Å². The van der Waals surface area contributed by atoms with E-state index in [1.54, 1.807) is 0 Å². The molecular weight excluding hydrogens is 278 g/mol. The summed E-state index contributed by atoms with van der Waals surface area (Å²) >= 11 is 2.06. The van der Waals surface area contributed by atoms with Gasteiger partial charge in [0.25, 0.3) is 0 Å². The number of hydrogen-bond acceptors (Lipinski definition) is 4. The summed E-state index contributed by atoms with van der Waals surface area (Å²) in [6, 6.07) is 4.50. The van der Waals surface area contributed by atoms with E-state index in [9.17, 15) is 0 Å². The van der Waals surface area contributed by atoms with Crippen LogP contribution in [0.5, 0.6) is 0 Å². The van der Waals surface area contributed by atoms with Crippen LogP contribution in [0.1, 0.15) is 45.9 Å². The highest BCUT2D eigenvalue weighted by Gasteiger charge is 2.19. The molecule has 118 valence electrons. The zero-order valence-corrected chi connectivity index (χ0v) is 14.9. The standard InChI is InChI=1S/C17H29N3S/c1-6-15-9-14(11-18-17(3,4)5)10-16(19-15)20-7-8-21-13(2)12-20/h9-10,13,18H,6-8,11-12H2,1-5H3. The number of aromatic nitrogens is 1. The third kappa shape index (κ3) is 5.19. The summed E-state index contributed by atoms with van der Waals surface area (Å²) in [7, 11) is 0. The summed E-state index contributed by atoms with van der Waals surface area (Å²) in [5, 5.41) is 4.27. The van der Waals surface area contributed by atoms with Crippen LogP contribution < -0.4 is 10.2 Å². The van der Waals surface area contributed by atoms with E-state index in [0.29, 0.717) is 5.25 Å². The summed E-state index contributed by atoms with van der Waals surface area (Å²) in [5.41, 5.74) is 2.69. The van der Waals surface area contributed by atoms with Crippen LogP contribution in [0.4, 0.5) is 5.82 Å². The Morgan fingerprint density at radius 2 is 2.14 bits per heavy atom. The van der Waals surface area contributed by atoms with Crippen molar-refractivity contribution in [2.75, 3.05) is 23.7 Å². The van der Waals surface area contributed by atoms with Gasteiger partial charge in [0.2, 0.25) is 0 Å². The van der Waals surface area contributed by atoms with Gasteiger partial charge in [-0.2, -0.15) is 11.8 Å². The fourth-order valence-corrected chi connectivity index (χ4v) is 3.49. The van der Waals surface area contributed by atoms with Gasteiger partial charge in [-0.15, -0.1) is 0 Å². The predicted octanol–water partition coefficient (Wildman–Crippen LogP) is 3.47. The van der Waals surface area contributed by atoms with E-state index in [1.165, 1.54) is 17.0 Å². The molecule has 0 aromatic carbocycles. The summed E-state index contributed by atoms with van der Waals surface area (Å²) < 4.78 is 0. The third-order valence-electron chi connectivity index (χ3n) is 3.67. The second-order valence-corrected chi connectivity index (χ2v) is 8.46. The van der Waals surface area contributed by atoms with Gasteiger partial charge in [-0.3, -0.25) is 0 Å². The minimum Gasteiger partial charge on any atom is -0.355 e. The highest BCUT2D eigenvalue weighted by Crippen LogP contribution is 2.24. The summed E-state index contributed by atoms with van der Waals surface area (Å²) in [6.07, 6.45) is 0.995. The molecule has 21 heavy (non-hydrogen) atoms. The molecule has 1 N–H and O–H groups in total. The quantitative estimate of drug-likeness (QED) is 0.922. The van der Waals surface area contributed by atoms with Crippen LogP contribution >= 0.6 is 11.8 Å². The van der Waals surface area contributed by atoms with Crippen molar-refractivity contribution in [3.63, 3.8) is 0 Å². The van der Waals surface area contributed by atoms with E-state index in [-0.39, 0.29) is 5.54 Å². The van der Waals surface area contributed by atoms with Crippen molar-refractivity contribution in [3.05, 3.63) is 23.4 Å². The third-order valence-corrected chi connectivity index (χ3v) is 4.81. The molecule has 1 aromatic heterocycles. The van der Waals surface area contributed by atoms with Gasteiger partial charge in [-0.25, -0.2) is 4.98 Å². The molecule has 2 heterocycles. The predicted molar refractivity (Wildman–Crippen MR) is 94.3 cm³/mol. The number of nitrogens with zero attached hydrogens (tertiary/aromatic N) is 2. The van der Waals surface area contributed by atoms with Gasteiger partial charge >= 0.3 is 0 Å². The van der Waals surface area contributed by atoms with Crippen LogP contribution in [0, 0.1) is 0 Å². The van der Waals surface area contributed by atoms with Crippen molar-refractivity contribution < 1.29 is 0 Å². The first kappa shape index (κ1) is 16.6. The Morgan fingerprint density at radius 3 is 2.76 bits per heavy atom. The van der Waals surface area contributed by atoms with Crippen molar-refractivity contribution in [1.82, 2.24) is 10.3 Å². The van der Waals surface area contributed by atoms with Crippen molar-refractivity contribution in [3.8, 4) is 0 Å². The zero-order valence-electron chi connectivity index (χ0n) is 14.1. The normalized spacial score (nSPS) is 19.9. The molecule has 0 amide bonds. The maximum atomic E-state index is 4.84. The molecule has 2 rings (SSSR count). The Balaban J connectivity index is 2.16. The molecule has 1 aliphatic rings. The van der Waals surface area contributed by atoms with Crippen molar-refractivity contribution in [1.29, 1.82) is 0 Å². The summed E-state index contributed by atoms with van der Waals surface area (Å²) in [5.74, 6) is 2.36. The first-order valence-corrected chi connectivity index (χ1v) is 9.03. The maximum absolute atomic E-state index is 4.84. The lowest BCUT2D eigenvalue weighted by molar-refractivity contribution is 0.424. The van der Waals surface area contributed by atoms with Gasteiger partial charge in [-0.1, -0.05) is 13.8 Å². The molecule has 1 aromatic rings. The molecule has 1 atom stereocenters. The Bertz CT molecular complexity index is 468. The minimum absolute atomic E-state index is 0.145. The number of rotatable bonds is 4. The van der Waals surface area contributed by atoms with Crippen molar-refractivity contribution >= 4 is 17.6 Å². The Hall–Kier alpha value is -0.740. The molecule has 3 nitrogen and oxygen atoms in total. The second-order valence-electron chi connectivity index (χ2n) is 6.91. The summed E-state index contributed by atoms with van der Waals surface area (Å²) in [6.45, 7) is 14.2. The Labute approximate surface area is 133 Å². The van der Waals surface area contributed by atoms with Crippen LogP contribution in [0.3, 0.4) is 0 Å². The average Bonchev–Trinajstić information content (AvgIpc) is 2.44. The number of pyridine rings is 1. The smallest absolute Gasteiger partial charge is 0.129 e. The first-order valence-electron chi connectivity index (χ1n) is 7.99. The second kappa shape index (κ2) is 7.01. The molecule has 1 aliphatic heterocycles. The topological polar surface area (TPSA) is 28.2 Å². The van der Waals surface area contributed by atoms with E-state index in [4.69, 9.17) is 4.98 Å². The van der Waals surface area contributed by atoms with Gasteiger partial charge < -0.3 is 10.2 Å². The highest BCUT2D eigenvalue weighted by molar-refractivity contribution is 8.00. The van der Waals surface area contributed by atoms with Crippen molar-refractivity contribution in [2.24, 2.45) is 0 Å². The van der Waals surface area contributed by atoms with Crippen LogP contribution in [-0.4, -0.2) is 34.6 Å². The lowest BCUT2D eigenvalue weighted by Crippen LogP contribution is -2.37. The lowest BCUT2D eigenvalue weighted by atomic mass is 10.1. The van der Waals surface area contributed by atoms with E-state index in [1.807, 2.05) is 0 Å². The van der Waals surface area contributed by atoms with Crippen LogP contribution in [0.15, 0.2) is 12.1 Å². The number of nitrogens with one attached hydrogen (secondary N) is 1. The van der Waals surface area contributed by atoms with Gasteiger partial charge in [0, 0.05) is 41.9 Å². The number of thioether (sulfide) groups is 1. The average molecular weight is 308 g/mol. The van der Waals surface area contributed by atoms with Crippen LogP contribution in [-0.2, 0) is 13.0 Å². The zero-order chi connectivity index (χ0) is 15.5. The van der Waals surface area contributed by atoms with Gasteiger partial charge in [0.1, 0.15) is 5.82 Å². The maximum Gasteiger partial charge on any atom is 0.129 e. The van der Waals surface area contributed by atoms with Gasteiger partial charge in [0.05, 0.1) is 0 Å². The first-order chi connectivity index (χ1) is 9.87. The molecule has 0 spiro atoms. The fraction of sp³-hybridized carbons (Fsp3) is 0.706. The molecular formula is C17H29N3S. The minimum atomic E-state index is 0.145. The molecule has 1 unspecified atom stereocenters. The SMILES string of the molecule is CCc1cc(CNC(C)(C)C)cc(N2CCSC(C)C2)n1. The molecule has 0 radical (unpaired) electrons. The number of anilines is 1. The highest BCUT2D eigenvalue weighted by atomic mass is 32.2. The number of aryl methyl sites for hydroxylation is 1. The van der Waals surface area contributed by atoms with Crippen molar-refractivity contribution in [2.45, 2.75) is 58.4 Å². The lowest BCUT2D eigenvalue weighted by Gasteiger charge is -2.32. The van der Waals surface area contributed by atoms with Crippen LogP contribution in [0.25, 0.3) is 0 Å². The van der Waals surface area contributed by atoms with Crippen LogP contribution in [0.2, 0.25) is 0 Å². The number of hydrogen-bond donors (Lipinski definition) is 1. The Kier molecular flexibility index (Phi) is 5.55. The fourth-order valence-electron chi connectivity index (χ4n) is 2.47. The summed E-state index contributed by atoms with van der Waals surface area (Å²) in [4.78, 5) is 7.29.